The summed E-state index contributed by atoms with van der Waals surface area (Å²) in [5.41, 5.74) is 2.78. The van der Waals surface area contributed by atoms with Crippen molar-refractivity contribution in [1.82, 2.24) is 19.3 Å². The van der Waals surface area contributed by atoms with Gasteiger partial charge < -0.3 is 9.67 Å². The van der Waals surface area contributed by atoms with Gasteiger partial charge in [0.1, 0.15) is 5.52 Å². The molecule has 0 fully saturated rings. The SMILES string of the molecule is CCn1nc(C)c2nc(SCC(=O)O)n(CCCSC)c21. The van der Waals surface area contributed by atoms with Crippen molar-refractivity contribution in [2.24, 2.45) is 0 Å². The minimum Gasteiger partial charge on any atom is -0.481 e. The number of nitrogens with zero attached hydrogens (tertiary/aromatic N) is 4. The first kappa shape index (κ1) is 16.2. The molecule has 2 heterocycles. The van der Waals surface area contributed by atoms with Crippen LogP contribution in [0.15, 0.2) is 5.16 Å². The van der Waals surface area contributed by atoms with Gasteiger partial charge in [0, 0.05) is 13.1 Å². The number of hydrogen-bond acceptors (Lipinski definition) is 5. The summed E-state index contributed by atoms with van der Waals surface area (Å²) in [7, 11) is 0. The van der Waals surface area contributed by atoms with E-state index >= 15 is 0 Å². The van der Waals surface area contributed by atoms with Crippen molar-refractivity contribution in [1.29, 1.82) is 0 Å². The molecule has 1 N–H and O–H groups in total. The summed E-state index contributed by atoms with van der Waals surface area (Å²) in [5, 5.41) is 14.2. The van der Waals surface area contributed by atoms with E-state index < -0.39 is 5.97 Å². The number of fused-ring (bicyclic) bond motifs is 1. The van der Waals surface area contributed by atoms with Gasteiger partial charge in [0.25, 0.3) is 0 Å². The smallest absolute Gasteiger partial charge is 0.313 e. The van der Waals surface area contributed by atoms with Crippen LogP contribution in [0.4, 0.5) is 0 Å². The maximum absolute atomic E-state index is 10.8. The molecule has 21 heavy (non-hydrogen) atoms. The standard InChI is InChI=1S/C13H20N4O2S2/c1-4-17-12-11(9(2)15-17)14-13(21-8-10(18)19)16(12)6-5-7-20-3/h4-8H2,1-3H3,(H,18,19). The maximum atomic E-state index is 10.8. The highest BCUT2D eigenvalue weighted by atomic mass is 32.2. The number of imidazole rings is 1. The third-order valence-electron chi connectivity index (χ3n) is 3.12. The van der Waals surface area contributed by atoms with Crippen LogP contribution < -0.4 is 0 Å². The number of aromatic nitrogens is 4. The lowest BCUT2D eigenvalue weighted by molar-refractivity contribution is -0.133. The molecule has 0 aliphatic carbocycles. The molecule has 0 bridgehead atoms. The Morgan fingerprint density at radius 2 is 2.19 bits per heavy atom. The molecule has 6 nitrogen and oxygen atoms in total. The molecular weight excluding hydrogens is 308 g/mol. The van der Waals surface area contributed by atoms with Crippen LogP contribution in [0.5, 0.6) is 0 Å². The number of aryl methyl sites for hydroxylation is 3. The molecule has 8 heteroatoms. The highest BCUT2D eigenvalue weighted by molar-refractivity contribution is 7.99. The van der Waals surface area contributed by atoms with E-state index in [1.807, 2.05) is 23.4 Å². The van der Waals surface area contributed by atoms with E-state index in [4.69, 9.17) is 5.11 Å². The van der Waals surface area contributed by atoms with Gasteiger partial charge in [-0.15, -0.1) is 0 Å². The molecule has 2 aromatic rings. The summed E-state index contributed by atoms with van der Waals surface area (Å²) in [6.45, 7) is 5.61. The first-order chi connectivity index (χ1) is 10.1. The lowest BCUT2D eigenvalue weighted by Crippen LogP contribution is -2.08. The van der Waals surface area contributed by atoms with Gasteiger partial charge >= 0.3 is 5.97 Å². The fraction of sp³-hybridized carbons (Fsp3) is 0.615. The molecular formula is C13H20N4O2S2. The second-order valence-electron chi connectivity index (χ2n) is 4.65. The maximum Gasteiger partial charge on any atom is 0.313 e. The van der Waals surface area contributed by atoms with Crippen molar-refractivity contribution >= 4 is 40.7 Å². The predicted molar refractivity (Wildman–Crippen MR) is 87.3 cm³/mol. The van der Waals surface area contributed by atoms with E-state index in [-0.39, 0.29) is 5.75 Å². The Morgan fingerprint density at radius 1 is 1.43 bits per heavy atom. The summed E-state index contributed by atoms with van der Waals surface area (Å²) in [5.74, 6) is 0.277. The monoisotopic (exact) mass is 328 g/mol. The molecule has 0 saturated heterocycles. The third kappa shape index (κ3) is 3.55. The zero-order valence-electron chi connectivity index (χ0n) is 12.5. The third-order valence-corrected chi connectivity index (χ3v) is 4.78. The van der Waals surface area contributed by atoms with Crippen LogP contribution in [-0.4, -0.2) is 48.2 Å². The van der Waals surface area contributed by atoms with Crippen LogP contribution in [0.2, 0.25) is 0 Å². The Hall–Kier alpha value is -1.15. The van der Waals surface area contributed by atoms with Gasteiger partial charge in [0.2, 0.25) is 0 Å². The second kappa shape index (κ2) is 7.22. The number of thioether (sulfide) groups is 2. The van der Waals surface area contributed by atoms with Crippen LogP contribution in [0.3, 0.4) is 0 Å². The topological polar surface area (TPSA) is 72.9 Å². The van der Waals surface area contributed by atoms with Crippen LogP contribution in [-0.2, 0) is 17.9 Å². The average Bonchev–Trinajstić information content (AvgIpc) is 2.95. The van der Waals surface area contributed by atoms with Crippen molar-refractivity contribution in [3.8, 4) is 0 Å². The van der Waals surface area contributed by atoms with E-state index in [0.717, 1.165) is 47.3 Å². The number of hydrogen-bond donors (Lipinski definition) is 1. The van der Waals surface area contributed by atoms with Crippen molar-refractivity contribution in [3.63, 3.8) is 0 Å². The fourth-order valence-electron chi connectivity index (χ4n) is 2.23. The Balaban J connectivity index is 2.40. The second-order valence-corrected chi connectivity index (χ2v) is 6.58. The zero-order valence-corrected chi connectivity index (χ0v) is 14.1. The zero-order chi connectivity index (χ0) is 15.4. The Kier molecular flexibility index (Phi) is 5.58. The van der Waals surface area contributed by atoms with Gasteiger partial charge in [0.05, 0.1) is 11.4 Å². The fourth-order valence-corrected chi connectivity index (χ4v) is 3.39. The van der Waals surface area contributed by atoms with E-state index in [2.05, 4.69) is 27.8 Å². The molecule has 0 saturated carbocycles. The van der Waals surface area contributed by atoms with Crippen LogP contribution in [0.25, 0.3) is 11.2 Å². The number of rotatable bonds is 8. The van der Waals surface area contributed by atoms with Crippen molar-refractivity contribution in [2.45, 2.75) is 38.5 Å². The lowest BCUT2D eigenvalue weighted by atomic mass is 10.4. The van der Waals surface area contributed by atoms with Crippen LogP contribution in [0.1, 0.15) is 19.0 Å². The molecule has 0 aliphatic heterocycles. The largest absolute Gasteiger partial charge is 0.481 e. The van der Waals surface area contributed by atoms with E-state index in [9.17, 15) is 4.79 Å². The van der Waals surface area contributed by atoms with Crippen LogP contribution in [0, 0.1) is 6.92 Å². The van der Waals surface area contributed by atoms with Crippen molar-refractivity contribution < 1.29 is 9.90 Å². The van der Waals surface area contributed by atoms with Gasteiger partial charge in [0.15, 0.2) is 10.8 Å². The van der Waals surface area contributed by atoms with Gasteiger partial charge in [-0.2, -0.15) is 16.9 Å². The van der Waals surface area contributed by atoms with E-state index in [1.165, 1.54) is 11.8 Å². The Labute approximate surface area is 132 Å². The molecule has 2 aromatic heterocycles. The van der Waals surface area contributed by atoms with Gasteiger partial charge in [-0.25, -0.2) is 9.67 Å². The molecule has 0 atom stereocenters. The summed E-state index contributed by atoms with van der Waals surface area (Å²) < 4.78 is 4.06. The highest BCUT2D eigenvalue weighted by Gasteiger charge is 2.18. The van der Waals surface area contributed by atoms with Crippen molar-refractivity contribution in [2.75, 3.05) is 17.8 Å². The Morgan fingerprint density at radius 3 is 2.81 bits per heavy atom. The minimum absolute atomic E-state index is 0.0285. The van der Waals surface area contributed by atoms with Gasteiger partial charge in [-0.05, 0) is 32.3 Å². The first-order valence-corrected chi connectivity index (χ1v) is 9.23. The summed E-state index contributed by atoms with van der Waals surface area (Å²) in [4.78, 5) is 15.4. The molecule has 0 aromatic carbocycles. The molecule has 0 aliphatic rings. The molecule has 0 spiro atoms. The van der Waals surface area contributed by atoms with Gasteiger partial charge in [-0.1, -0.05) is 11.8 Å². The molecule has 0 unspecified atom stereocenters. The molecule has 0 radical (unpaired) electrons. The quantitative estimate of drug-likeness (QED) is 0.593. The molecule has 2 rings (SSSR count). The highest BCUT2D eigenvalue weighted by Crippen LogP contribution is 2.26. The predicted octanol–water partition coefficient (Wildman–Crippen LogP) is 2.49. The first-order valence-electron chi connectivity index (χ1n) is 6.85. The molecule has 116 valence electrons. The number of carbonyl (C=O) groups is 1. The van der Waals surface area contributed by atoms with E-state index in [0.29, 0.717) is 0 Å². The number of aliphatic carboxylic acids is 1. The Bertz CT molecular complexity index is 636. The number of carboxylic acid groups (broad SMARTS) is 1. The normalized spacial score (nSPS) is 11.4. The average molecular weight is 328 g/mol. The summed E-state index contributed by atoms with van der Waals surface area (Å²) in [6.07, 6.45) is 3.12. The van der Waals surface area contributed by atoms with Crippen LogP contribution >= 0.6 is 23.5 Å². The minimum atomic E-state index is -0.823. The summed E-state index contributed by atoms with van der Waals surface area (Å²) >= 11 is 3.09. The molecule has 0 amide bonds. The van der Waals surface area contributed by atoms with Gasteiger partial charge in [-0.3, -0.25) is 4.79 Å². The summed E-state index contributed by atoms with van der Waals surface area (Å²) in [6, 6.07) is 0. The lowest BCUT2D eigenvalue weighted by Gasteiger charge is -2.09. The van der Waals surface area contributed by atoms with Crippen molar-refractivity contribution in [3.05, 3.63) is 5.69 Å². The number of carboxylic acids is 1. The van der Waals surface area contributed by atoms with E-state index in [1.54, 1.807) is 0 Å².